The molecule has 238 valence electrons. The van der Waals surface area contributed by atoms with Crippen molar-refractivity contribution in [2.45, 2.75) is 18.7 Å². The number of fused-ring (bicyclic) bond motifs is 6. The summed E-state index contributed by atoms with van der Waals surface area (Å²) in [6.45, 7) is -3.27. The molecule has 0 aliphatic carbocycles. The number of carbonyl (C=O) groups is 5. The van der Waals surface area contributed by atoms with Crippen LogP contribution >= 0.6 is 0 Å². The zero-order valence-electron chi connectivity index (χ0n) is 23.3. The van der Waals surface area contributed by atoms with E-state index in [1.807, 2.05) is 0 Å². The van der Waals surface area contributed by atoms with E-state index in [0.29, 0.717) is 5.56 Å². The molecule has 0 aromatic heterocycles. The average Bonchev–Trinajstić information content (AvgIpc) is 3.22. The fourth-order valence-electron chi connectivity index (χ4n) is 5.66. The van der Waals surface area contributed by atoms with Crippen LogP contribution < -0.4 is 4.74 Å². The first-order valence-electron chi connectivity index (χ1n) is 13.3. The van der Waals surface area contributed by atoms with Crippen molar-refractivity contribution in [3.8, 4) is 23.0 Å². The molecule has 0 bridgehead atoms. The van der Waals surface area contributed by atoms with Gasteiger partial charge in [0.15, 0.2) is 5.60 Å². The summed E-state index contributed by atoms with van der Waals surface area (Å²) in [5.41, 5.74) is -0.636. The molecule has 0 atom stereocenters. The first-order valence-corrected chi connectivity index (χ1v) is 13.3. The predicted molar refractivity (Wildman–Crippen MR) is 158 cm³/mol. The van der Waals surface area contributed by atoms with Crippen LogP contribution in [0.1, 0.15) is 38.2 Å². The van der Waals surface area contributed by atoms with Gasteiger partial charge in [0.25, 0.3) is 0 Å². The fraction of sp³-hybridized carbons (Fsp3) is 0.233. The Morgan fingerprint density at radius 2 is 1.07 bits per heavy atom. The van der Waals surface area contributed by atoms with Crippen molar-refractivity contribution in [2.24, 2.45) is 0 Å². The summed E-state index contributed by atoms with van der Waals surface area (Å²) < 4.78 is 12.1. The van der Waals surface area contributed by atoms with Gasteiger partial charge in [-0.15, -0.1) is 0 Å². The second-order valence-corrected chi connectivity index (χ2v) is 10.5. The van der Waals surface area contributed by atoms with E-state index in [9.17, 15) is 54.6 Å². The minimum atomic E-state index is -1.75. The van der Waals surface area contributed by atoms with E-state index in [-0.39, 0.29) is 102 Å². The van der Waals surface area contributed by atoms with Gasteiger partial charge in [0.05, 0.1) is 31.7 Å². The number of carboxylic acids is 4. The molecule has 2 heterocycles. The van der Waals surface area contributed by atoms with Crippen molar-refractivity contribution in [2.75, 3.05) is 26.2 Å². The van der Waals surface area contributed by atoms with Crippen LogP contribution in [0.25, 0.3) is 0 Å². The van der Waals surface area contributed by atoms with Gasteiger partial charge in [-0.1, -0.05) is 18.2 Å². The first-order chi connectivity index (χ1) is 21.3. The molecular weight excluding hydrogens is 636 g/mol. The number of benzene rings is 3. The van der Waals surface area contributed by atoms with Gasteiger partial charge in [-0.25, -0.2) is 4.79 Å². The predicted octanol–water partition coefficient (Wildman–Crippen LogP) is 0.692. The third kappa shape index (κ3) is 6.73. The quantitative estimate of drug-likeness (QED) is 0.116. The van der Waals surface area contributed by atoms with Crippen LogP contribution in [0.4, 0.5) is 0 Å². The van der Waals surface area contributed by atoms with E-state index in [1.165, 1.54) is 30.3 Å². The number of phenolic OH excluding ortho intramolecular Hbond substituents is 2. The molecule has 0 fully saturated rings. The standard InChI is InChI=1S/C30H26N2O13.Ca.2H/c33-21-7-23-19(5-15(21)9-31(11-25(35)36)12-26(37)38)30(18-4-2-1-3-17(18)29(43)45-30)20-6-16(22(34)8-24(20)44-23)10-32(13-27(39)40)14-28(41)42;;;/h1-8,33-34H,9-14H2,(H,35,36)(H,37,38)(H,39,40)(H,41,42);;;. The number of rotatable bonds is 12. The summed E-state index contributed by atoms with van der Waals surface area (Å²) >= 11 is 0. The van der Waals surface area contributed by atoms with Crippen molar-refractivity contribution < 1.29 is 64.1 Å². The molecule has 2 aliphatic rings. The number of phenols is 2. The maximum atomic E-state index is 13.3. The molecule has 15 nitrogen and oxygen atoms in total. The summed E-state index contributed by atoms with van der Waals surface area (Å²) in [4.78, 5) is 61.0. The van der Waals surface area contributed by atoms with E-state index in [1.54, 1.807) is 18.2 Å². The number of carbonyl (C=O) groups excluding carboxylic acids is 1. The number of esters is 1. The number of aliphatic carboxylic acids is 4. The molecule has 2 aliphatic heterocycles. The molecule has 0 amide bonds. The van der Waals surface area contributed by atoms with Crippen LogP contribution in [0.3, 0.4) is 0 Å². The zero-order chi connectivity index (χ0) is 32.6. The Bertz CT molecular complexity index is 1630. The fourth-order valence-corrected chi connectivity index (χ4v) is 5.66. The summed E-state index contributed by atoms with van der Waals surface area (Å²) in [6, 6.07) is 11.7. The summed E-state index contributed by atoms with van der Waals surface area (Å²) in [7, 11) is 0. The maximum absolute atomic E-state index is 13.3. The van der Waals surface area contributed by atoms with Crippen LogP contribution in [-0.4, -0.2) is 134 Å². The van der Waals surface area contributed by atoms with E-state index in [4.69, 9.17) is 9.47 Å². The molecule has 3 aromatic carbocycles. The first kappa shape index (κ1) is 34.5. The van der Waals surface area contributed by atoms with E-state index >= 15 is 0 Å². The van der Waals surface area contributed by atoms with Crippen LogP contribution in [0.5, 0.6) is 23.0 Å². The topological polar surface area (TPSA) is 232 Å². The molecular formula is C30H28CaN2O13. The normalized spacial score (nSPS) is 13.7. The van der Waals surface area contributed by atoms with Crippen molar-refractivity contribution in [3.63, 3.8) is 0 Å². The van der Waals surface area contributed by atoms with E-state index < -0.39 is 61.6 Å². The van der Waals surface area contributed by atoms with Gasteiger partial charge in [0.2, 0.25) is 0 Å². The Morgan fingerprint density at radius 3 is 1.48 bits per heavy atom. The molecule has 5 rings (SSSR count). The Kier molecular flexibility index (Phi) is 10.1. The number of nitrogens with zero attached hydrogens (tertiary/aromatic N) is 2. The number of carboxylic acid groups (broad SMARTS) is 4. The molecule has 6 N–H and O–H groups in total. The summed E-state index contributed by atoms with van der Waals surface area (Å²) in [5, 5.41) is 59.0. The Labute approximate surface area is 289 Å². The molecule has 0 saturated heterocycles. The Balaban J connectivity index is 0.00000480. The Morgan fingerprint density at radius 1 is 0.652 bits per heavy atom. The zero-order valence-corrected chi connectivity index (χ0v) is 23.3. The van der Waals surface area contributed by atoms with Gasteiger partial charge in [0.1, 0.15) is 23.0 Å². The van der Waals surface area contributed by atoms with Gasteiger partial charge < -0.3 is 40.1 Å². The molecule has 0 saturated carbocycles. The van der Waals surface area contributed by atoms with Crippen molar-refractivity contribution in [3.05, 3.63) is 81.9 Å². The number of ether oxygens (including phenoxy) is 2. The second kappa shape index (κ2) is 13.5. The number of hydrogen-bond acceptors (Lipinski definition) is 11. The van der Waals surface area contributed by atoms with E-state index in [0.717, 1.165) is 9.80 Å². The van der Waals surface area contributed by atoms with E-state index in [2.05, 4.69) is 0 Å². The van der Waals surface area contributed by atoms with Gasteiger partial charge in [-0.2, -0.15) is 0 Å². The molecule has 1 spiro atoms. The summed E-state index contributed by atoms with van der Waals surface area (Å²) in [5.74, 6) is -6.62. The third-order valence-electron chi connectivity index (χ3n) is 7.34. The third-order valence-corrected chi connectivity index (χ3v) is 7.34. The van der Waals surface area contributed by atoms with Crippen molar-refractivity contribution in [1.29, 1.82) is 0 Å². The van der Waals surface area contributed by atoms with Gasteiger partial charge >= 0.3 is 67.6 Å². The molecule has 0 radical (unpaired) electrons. The molecule has 46 heavy (non-hydrogen) atoms. The van der Waals surface area contributed by atoms with Crippen LogP contribution in [0.2, 0.25) is 0 Å². The van der Waals surface area contributed by atoms with Crippen LogP contribution in [0.15, 0.2) is 48.5 Å². The number of hydrogen-bond donors (Lipinski definition) is 6. The monoisotopic (exact) mass is 664 g/mol. The number of aromatic hydroxyl groups is 2. The van der Waals surface area contributed by atoms with Crippen LogP contribution in [-0.2, 0) is 42.6 Å². The summed E-state index contributed by atoms with van der Waals surface area (Å²) in [6.07, 6.45) is 0. The Hall–Kier alpha value is -4.41. The molecule has 3 aromatic rings. The van der Waals surface area contributed by atoms with Gasteiger partial charge in [-0.05, 0) is 18.2 Å². The van der Waals surface area contributed by atoms with Gasteiger partial charge in [-0.3, -0.25) is 29.0 Å². The van der Waals surface area contributed by atoms with Crippen LogP contribution in [0, 0.1) is 0 Å². The van der Waals surface area contributed by atoms with Crippen molar-refractivity contribution >= 4 is 67.6 Å². The molecule has 16 heteroatoms. The SMILES string of the molecule is O=C(O)CN(CC(=O)O)Cc1cc2c(cc1O)Oc1cc(O)c(CN(CC(=O)O)CC(=O)O)cc1C21OC(=O)c2ccccc21.[CaH2]. The average molecular weight is 665 g/mol. The van der Waals surface area contributed by atoms with Gasteiger partial charge in [0, 0.05) is 53.0 Å². The minimum absolute atomic E-state index is 0. The second-order valence-electron chi connectivity index (χ2n) is 10.5. The molecule has 0 unspecified atom stereocenters. The van der Waals surface area contributed by atoms with Crippen molar-refractivity contribution in [1.82, 2.24) is 9.80 Å².